The highest BCUT2D eigenvalue weighted by atomic mass is 16.5. The maximum absolute atomic E-state index is 5.73. The average Bonchev–Trinajstić information content (AvgIpc) is 2.62. The Bertz CT molecular complexity index is 736. The van der Waals surface area contributed by atoms with Gasteiger partial charge in [-0.2, -0.15) is 4.98 Å². The number of benzene rings is 1. The molecule has 0 aliphatic carbocycles. The first-order valence-corrected chi connectivity index (χ1v) is 7.27. The minimum absolute atomic E-state index is 0.477. The second kappa shape index (κ2) is 7.31. The van der Waals surface area contributed by atoms with Crippen LogP contribution in [0.1, 0.15) is 11.3 Å². The largest absolute Gasteiger partial charge is 0.473 e. The van der Waals surface area contributed by atoms with Gasteiger partial charge in [-0.05, 0) is 5.56 Å². The van der Waals surface area contributed by atoms with Crippen molar-refractivity contribution in [3.63, 3.8) is 0 Å². The van der Waals surface area contributed by atoms with E-state index in [0.717, 1.165) is 11.3 Å². The maximum atomic E-state index is 5.73. The molecule has 6 heteroatoms. The van der Waals surface area contributed by atoms with Gasteiger partial charge < -0.3 is 9.64 Å². The van der Waals surface area contributed by atoms with Gasteiger partial charge in [0.1, 0.15) is 6.61 Å². The summed E-state index contributed by atoms with van der Waals surface area (Å²) in [6, 6.07) is 11.7. The summed E-state index contributed by atoms with van der Waals surface area (Å²) in [5.74, 6) is 1.13. The number of hydrogen-bond donors (Lipinski definition) is 0. The Hall–Kier alpha value is -3.02. The molecule has 116 valence electrons. The van der Waals surface area contributed by atoms with Crippen LogP contribution >= 0.6 is 0 Å². The first kappa shape index (κ1) is 14.9. The second-order valence-electron chi connectivity index (χ2n) is 5.02. The lowest BCUT2D eigenvalue weighted by Gasteiger charge is -2.16. The number of rotatable bonds is 6. The van der Waals surface area contributed by atoms with E-state index < -0.39 is 0 Å². The van der Waals surface area contributed by atoms with Crippen LogP contribution in [0.3, 0.4) is 0 Å². The van der Waals surface area contributed by atoms with E-state index in [2.05, 4.69) is 19.9 Å². The van der Waals surface area contributed by atoms with Gasteiger partial charge in [-0.3, -0.25) is 9.97 Å². The van der Waals surface area contributed by atoms with Crippen molar-refractivity contribution in [2.75, 3.05) is 11.9 Å². The van der Waals surface area contributed by atoms with Crippen molar-refractivity contribution < 1.29 is 4.74 Å². The zero-order valence-electron chi connectivity index (χ0n) is 12.8. The minimum Gasteiger partial charge on any atom is -0.473 e. The van der Waals surface area contributed by atoms with E-state index in [-0.39, 0.29) is 0 Å². The molecule has 0 spiro atoms. The van der Waals surface area contributed by atoms with Gasteiger partial charge in [0.05, 0.1) is 18.4 Å². The predicted octanol–water partition coefficient (Wildman–Crippen LogP) is 2.48. The van der Waals surface area contributed by atoms with Crippen molar-refractivity contribution in [1.29, 1.82) is 0 Å². The highest BCUT2D eigenvalue weighted by Gasteiger charge is 2.08. The summed E-state index contributed by atoms with van der Waals surface area (Å²) < 4.78 is 5.73. The van der Waals surface area contributed by atoms with Crippen LogP contribution in [0.2, 0.25) is 0 Å². The van der Waals surface area contributed by atoms with Crippen LogP contribution in [-0.2, 0) is 13.2 Å². The smallest absolute Gasteiger partial charge is 0.228 e. The van der Waals surface area contributed by atoms with Crippen LogP contribution in [0.4, 0.5) is 5.95 Å². The van der Waals surface area contributed by atoms with Gasteiger partial charge in [0.15, 0.2) is 0 Å². The molecule has 3 rings (SSSR count). The van der Waals surface area contributed by atoms with Crippen LogP contribution in [-0.4, -0.2) is 27.0 Å². The zero-order valence-corrected chi connectivity index (χ0v) is 12.8. The monoisotopic (exact) mass is 307 g/mol. The predicted molar refractivity (Wildman–Crippen MR) is 86.9 cm³/mol. The fourth-order valence-corrected chi connectivity index (χ4v) is 2.05. The first-order valence-electron chi connectivity index (χ1n) is 7.27. The van der Waals surface area contributed by atoms with Crippen molar-refractivity contribution >= 4 is 5.95 Å². The molecule has 0 radical (unpaired) electrons. The van der Waals surface area contributed by atoms with Gasteiger partial charge in [-0.1, -0.05) is 30.3 Å². The van der Waals surface area contributed by atoms with Crippen molar-refractivity contribution in [3.8, 4) is 5.88 Å². The minimum atomic E-state index is 0.477. The molecule has 3 aromatic rings. The van der Waals surface area contributed by atoms with Gasteiger partial charge in [-0.25, -0.2) is 4.98 Å². The molecule has 0 fully saturated rings. The third kappa shape index (κ3) is 4.23. The van der Waals surface area contributed by atoms with E-state index in [1.54, 1.807) is 30.9 Å². The van der Waals surface area contributed by atoms with Crippen molar-refractivity contribution in [2.45, 2.75) is 13.2 Å². The van der Waals surface area contributed by atoms with Crippen molar-refractivity contribution in [1.82, 2.24) is 19.9 Å². The van der Waals surface area contributed by atoms with Crippen LogP contribution in [0.15, 0.2) is 61.2 Å². The van der Waals surface area contributed by atoms with Gasteiger partial charge in [0.2, 0.25) is 11.8 Å². The standard InChI is InChI=1S/C17H17N5O/c1-22(12-15-11-18-9-10-19-15)17-20-8-7-16(21-17)23-13-14-5-3-2-4-6-14/h2-11H,12-13H2,1H3. The van der Waals surface area contributed by atoms with Crippen LogP contribution in [0.25, 0.3) is 0 Å². The van der Waals surface area contributed by atoms with E-state index in [1.165, 1.54) is 0 Å². The highest BCUT2D eigenvalue weighted by Crippen LogP contribution is 2.14. The van der Waals surface area contributed by atoms with Crippen molar-refractivity contribution in [3.05, 3.63) is 72.4 Å². The molecule has 0 N–H and O–H groups in total. The Kier molecular flexibility index (Phi) is 4.73. The van der Waals surface area contributed by atoms with Crippen LogP contribution in [0, 0.1) is 0 Å². The Morgan fingerprint density at radius 3 is 2.65 bits per heavy atom. The number of anilines is 1. The molecule has 0 saturated heterocycles. The first-order chi connectivity index (χ1) is 11.3. The van der Waals surface area contributed by atoms with Gasteiger partial charge >= 0.3 is 0 Å². The van der Waals surface area contributed by atoms with Gasteiger partial charge in [0.25, 0.3) is 0 Å². The number of ether oxygens (including phenoxy) is 1. The molecule has 0 unspecified atom stereocenters. The Morgan fingerprint density at radius 1 is 1.00 bits per heavy atom. The van der Waals surface area contributed by atoms with E-state index >= 15 is 0 Å². The molecule has 0 amide bonds. The second-order valence-corrected chi connectivity index (χ2v) is 5.02. The third-order valence-electron chi connectivity index (χ3n) is 3.20. The molecule has 0 saturated carbocycles. The lowest BCUT2D eigenvalue weighted by Crippen LogP contribution is -2.20. The SMILES string of the molecule is CN(Cc1cnccn1)c1nccc(OCc2ccccc2)n1. The molecule has 2 heterocycles. The molecule has 23 heavy (non-hydrogen) atoms. The summed E-state index contributed by atoms with van der Waals surface area (Å²) in [5, 5.41) is 0. The molecule has 0 bridgehead atoms. The molecule has 0 aliphatic heterocycles. The molecule has 1 aromatic carbocycles. The Labute approximate surface area is 134 Å². The topological polar surface area (TPSA) is 64.0 Å². The summed E-state index contributed by atoms with van der Waals surface area (Å²) in [6.45, 7) is 1.06. The summed E-state index contributed by atoms with van der Waals surface area (Å²) in [7, 11) is 1.91. The molecular formula is C17H17N5O. The molecule has 6 nitrogen and oxygen atoms in total. The number of hydrogen-bond acceptors (Lipinski definition) is 6. The van der Waals surface area contributed by atoms with Gasteiger partial charge in [0, 0.05) is 31.7 Å². The highest BCUT2D eigenvalue weighted by molar-refractivity contribution is 5.31. The number of aromatic nitrogens is 4. The van der Waals surface area contributed by atoms with E-state index in [4.69, 9.17) is 4.74 Å². The van der Waals surface area contributed by atoms with Gasteiger partial charge in [-0.15, -0.1) is 0 Å². The summed E-state index contributed by atoms with van der Waals surface area (Å²) in [6.07, 6.45) is 6.74. The summed E-state index contributed by atoms with van der Waals surface area (Å²) in [4.78, 5) is 18.9. The Balaban J connectivity index is 1.64. The Morgan fingerprint density at radius 2 is 1.87 bits per heavy atom. The van der Waals surface area contributed by atoms with Crippen LogP contribution in [0.5, 0.6) is 5.88 Å². The molecular weight excluding hydrogens is 290 g/mol. The van der Waals surface area contributed by atoms with E-state index in [1.807, 2.05) is 42.3 Å². The lowest BCUT2D eigenvalue weighted by molar-refractivity contribution is 0.293. The fraction of sp³-hybridized carbons (Fsp3) is 0.176. The van der Waals surface area contributed by atoms with Crippen LogP contribution < -0.4 is 9.64 Å². The zero-order chi connectivity index (χ0) is 15.9. The van der Waals surface area contributed by atoms with Crippen molar-refractivity contribution in [2.24, 2.45) is 0 Å². The molecule has 0 atom stereocenters. The average molecular weight is 307 g/mol. The van der Waals surface area contributed by atoms with E-state index in [0.29, 0.717) is 25.0 Å². The number of nitrogens with zero attached hydrogens (tertiary/aromatic N) is 5. The fourth-order valence-electron chi connectivity index (χ4n) is 2.05. The molecule has 2 aromatic heterocycles. The molecule has 0 aliphatic rings. The van der Waals surface area contributed by atoms with E-state index in [9.17, 15) is 0 Å². The maximum Gasteiger partial charge on any atom is 0.228 e. The summed E-state index contributed by atoms with van der Waals surface area (Å²) >= 11 is 0. The quantitative estimate of drug-likeness (QED) is 0.697. The summed E-state index contributed by atoms with van der Waals surface area (Å²) in [5.41, 5.74) is 1.95. The lowest BCUT2D eigenvalue weighted by atomic mass is 10.2. The third-order valence-corrected chi connectivity index (χ3v) is 3.20. The normalized spacial score (nSPS) is 10.3.